The van der Waals surface area contributed by atoms with E-state index in [1.807, 2.05) is 0 Å². The molecule has 3 aromatic carbocycles. The van der Waals surface area contributed by atoms with E-state index in [0.29, 0.717) is 0 Å². The average Bonchev–Trinajstić information content (AvgIpc) is 2.68. The second kappa shape index (κ2) is 10.8. The van der Waals surface area contributed by atoms with Crippen molar-refractivity contribution in [2.45, 2.75) is 94.9 Å². The van der Waals surface area contributed by atoms with Gasteiger partial charge in [-0.1, -0.05) is 0 Å². The molecular formula is C33H47P. The van der Waals surface area contributed by atoms with Gasteiger partial charge in [0, 0.05) is 0 Å². The fourth-order valence-electron chi connectivity index (χ4n) is 7.13. The zero-order chi connectivity index (χ0) is 25.2. The van der Waals surface area contributed by atoms with Crippen molar-refractivity contribution in [1.29, 1.82) is 0 Å². The van der Waals surface area contributed by atoms with Crippen LogP contribution in [0.3, 0.4) is 0 Å². The Morgan fingerprint density at radius 3 is 1.00 bits per heavy atom. The van der Waals surface area contributed by atoms with Gasteiger partial charge in [-0.2, -0.15) is 0 Å². The third kappa shape index (κ3) is 5.04. The molecule has 184 valence electrons. The van der Waals surface area contributed by atoms with Crippen LogP contribution in [0.5, 0.6) is 0 Å². The van der Waals surface area contributed by atoms with Crippen molar-refractivity contribution < 1.29 is 0 Å². The topological polar surface area (TPSA) is 0 Å². The molecule has 0 spiro atoms. The van der Waals surface area contributed by atoms with Crippen LogP contribution in [-0.2, 0) is 0 Å². The quantitative estimate of drug-likeness (QED) is 0.229. The van der Waals surface area contributed by atoms with Crippen molar-refractivity contribution in [3.05, 3.63) is 86.5 Å². The summed E-state index contributed by atoms with van der Waals surface area (Å²) in [4.78, 5) is 0. The van der Waals surface area contributed by atoms with E-state index < -0.39 is 7.26 Å². The number of aryl methyl sites for hydroxylation is 9. The zero-order valence-electron chi connectivity index (χ0n) is 23.5. The summed E-state index contributed by atoms with van der Waals surface area (Å²) in [5.41, 5.74) is 13.0. The molecule has 0 aliphatic carbocycles. The molecule has 0 atom stereocenters. The van der Waals surface area contributed by atoms with Crippen LogP contribution in [0.4, 0.5) is 0 Å². The standard InChI is InChI=1S/C33H47P/c1-11-12-13-14-15-34(31-25(5)16-22(2)17-26(31)6,32-27(7)18-23(3)19-28(32)8)33-29(9)20-24(4)21-30(33)10/h16-21,34H,11-15H2,1-10H3. The minimum absolute atomic E-state index is 1.28. The van der Waals surface area contributed by atoms with Gasteiger partial charge in [-0.15, -0.1) is 0 Å². The minimum atomic E-state index is -2.31. The predicted molar refractivity (Wildman–Crippen MR) is 158 cm³/mol. The molecule has 0 unspecified atom stereocenters. The molecule has 0 radical (unpaired) electrons. The molecule has 0 heterocycles. The molecule has 0 aliphatic heterocycles. The Labute approximate surface area is 210 Å². The number of benzene rings is 3. The van der Waals surface area contributed by atoms with Gasteiger partial charge in [0.15, 0.2) is 0 Å². The summed E-state index contributed by atoms with van der Waals surface area (Å²) < 4.78 is 0. The van der Waals surface area contributed by atoms with Gasteiger partial charge in [0.25, 0.3) is 0 Å². The van der Waals surface area contributed by atoms with E-state index in [0.717, 1.165) is 0 Å². The number of hydrogen-bond donors (Lipinski definition) is 0. The molecular weight excluding hydrogens is 427 g/mol. The SMILES string of the molecule is CCCCCC[PH](c1c(C)cc(C)cc1C)(c1c(C)cc(C)cc1C)c1c(C)cc(C)cc1C. The van der Waals surface area contributed by atoms with Crippen molar-refractivity contribution in [2.24, 2.45) is 0 Å². The summed E-state index contributed by atoms with van der Waals surface area (Å²) in [5, 5.41) is 5.00. The molecule has 0 saturated heterocycles. The van der Waals surface area contributed by atoms with Gasteiger partial charge >= 0.3 is 211 Å². The van der Waals surface area contributed by atoms with Crippen LogP contribution in [0.15, 0.2) is 36.4 Å². The number of hydrogen-bond acceptors (Lipinski definition) is 0. The number of rotatable bonds is 8. The maximum absolute atomic E-state index is 2.44. The Kier molecular flexibility index (Phi) is 8.47. The number of unbranched alkanes of at least 4 members (excludes halogenated alkanes) is 3. The van der Waals surface area contributed by atoms with Crippen molar-refractivity contribution >= 4 is 23.2 Å². The van der Waals surface area contributed by atoms with Crippen LogP contribution in [0.1, 0.15) is 82.7 Å². The Balaban J connectivity index is 2.54. The third-order valence-corrected chi connectivity index (χ3v) is 13.7. The molecule has 0 N–H and O–H groups in total. The first kappa shape index (κ1) is 26.7. The van der Waals surface area contributed by atoms with Crippen molar-refractivity contribution in [3.63, 3.8) is 0 Å². The molecule has 3 aromatic rings. The third-order valence-electron chi connectivity index (χ3n) is 7.72. The summed E-state index contributed by atoms with van der Waals surface area (Å²) in [5.74, 6) is 0. The Bertz CT molecular complexity index is 973. The first-order chi connectivity index (χ1) is 16.0. The van der Waals surface area contributed by atoms with Crippen molar-refractivity contribution in [3.8, 4) is 0 Å². The molecule has 0 aromatic heterocycles. The summed E-state index contributed by atoms with van der Waals surface area (Å²) in [7, 11) is -2.31. The first-order valence-electron chi connectivity index (χ1n) is 13.3. The van der Waals surface area contributed by atoms with Crippen molar-refractivity contribution in [2.75, 3.05) is 6.16 Å². The Morgan fingerprint density at radius 1 is 0.441 bits per heavy atom. The van der Waals surface area contributed by atoms with E-state index in [1.165, 1.54) is 81.9 Å². The van der Waals surface area contributed by atoms with Gasteiger partial charge in [-0.3, -0.25) is 0 Å². The molecule has 0 aliphatic rings. The van der Waals surface area contributed by atoms with Crippen LogP contribution < -0.4 is 15.9 Å². The second-order valence-corrected chi connectivity index (χ2v) is 14.8. The summed E-state index contributed by atoms with van der Waals surface area (Å²) in [6, 6.07) is 14.6. The van der Waals surface area contributed by atoms with Gasteiger partial charge in [0.05, 0.1) is 0 Å². The molecule has 0 nitrogen and oxygen atoms in total. The first-order valence-corrected chi connectivity index (χ1v) is 15.5. The normalized spacial score (nSPS) is 12.3. The van der Waals surface area contributed by atoms with E-state index >= 15 is 0 Å². The monoisotopic (exact) mass is 474 g/mol. The fraction of sp³-hybridized carbons (Fsp3) is 0.455. The van der Waals surface area contributed by atoms with Crippen LogP contribution in [0, 0.1) is 62.3 Å². The predicted octanol–water partition coefficient (Wildman–Crippen LogP) is 8.07. The maximum atomic E-state index is 2.44. The molecule has 1 heteroatoms. The van der Waals surface area contributed by atoms with Gasteiger partial charge in [-0.25, -0.2) is 0 Å². The van der Waals surface area contributed by atoms with E-state index in [1.54, 1.807) is 15.9 Å². The van der Waals surface area contributed by atoms with Gasteiger partial charge in [0.2, 0.25) is 0 Å². The van der Waals surface area contributed by atoms with Gasteiger partial charge < -0.3 is 0 Å². The molecule has 0 bridgehead atoms. The summed E-state index contributed by atoms with van der Waals surface area (Å²) in [6.45, 7) is 23.3. The van der Waals surface area contributed by atoms with Gasteiger partial charge in [0.1, 0.15) is 0 Å². The molecule has 0 saturated carbocycles. The molecule has 0 fully saturated rings. The zero-order valence-corrected chi connectivity index (χ0v) is 24.5. The Morgan fingerprint density at radius 2 is 0.735 bits per heavy atom. The summed E-state index contributed by atoms with van der Waals surface area (Å²) >= 11 is 0. The summed E-state index contributed by atoms with van der Waals surface area (Å²) in [6.07, 6.45) is 6.51. The van der Waals surface area contributed by atoms with Crippen molar-refractivity contribution in [1.82, 2.24) is 0 Å². The molecule has 0 amide bonds. The molecule has 3 rings (SSSR count). The van der Waals surface area contributed by atoms with Crippen LogP contribution >= 0.6 is 7.26 Å². The van der Waals surface area contributed by atoms with Crippen LogP contribution in [0.2, 0.25) is 0 Å². The Hall–Kier alpha value is -1.91. The van der Waals surface area contributed by atoms with E-state index in [2.05, 4.69) is 106 Å². The average molecular weight is 475 g/mol. The van der Waals surface area contributed by atoms with Crippen LogP contribution in [-0.4, -0.2) is 6.16 Å². The van der Waals surface area contributed by atoms with E-state index in [-0.39, 0.29) is 0 Å². The van der Waals surface area contributed by atoms with Gasteiger partial charge in [-0.05, 0) is 0 Å². The molecule has 34 heavy (non-hydrogen) atoms. The fourth-order valence-corrected chi connectivity index (χ4v) is 13.9. The van der Waals surface area contributed by atoms with E-state index in [9.17, 15) is 0 Å². The van der Waals surface area contributed by atoms with Crippen LogP contribution in [0.25, 0.3) is 0 Å². The second-order valence-electron chi connectivity index (χ2n) is 11.0. The van der Waals surface area contributed by atoms with E-state index in [4.69, 9.17) is 0 Å².